The summed E-state index contributed by atoms with van der Waals surface area (Å²) in [4.78, 5) is 19.7. The Balaban J connectivity index is 0. The summed E-state index contributed by atoms with van der Waals surface area (Å²) in [5.74, 6) is 1.86. The van der Waals surface area contributed by atoms with E-state index in [0.29, 0.717) is 23.8 Å². The van der Waals surface area contributed by atoms with E-state index in [2.05, 4.69) is 49.3 Å². The highest BCUT2D eigenvalue weighted by Crippen LogP contribution is 2.37. The minimum Gasteiger partial charge on any atom is -0.342 e. The molecule has 0 saturated carbocycles. The summed E-state index contributed by atoms with van der Waals surface area (Å²) in [6.07, 6.45) is 4.93. The molecule has 1 amide bonds. The predicted octanol–water partition coefficient (Wildman–Crippen LogP) is 6.40. The van der Waals surface area contributed by atoms with Crippen molar-refractivity contribution < 1.29 is 4.79 Å². The monoisotopic (exact) mass is 441 g/mol. The topological polar surface area (TPSA) is 26.8 Å². The molecule has 4 nitrogen and oxygen atoms in total. The van der Waals surface area contributed by atoms with Gasteiger partial charge in [-0.15, -0.1) is 0 Å². The molecule has 0 aromatic rings. The van der Waals surface area contributed by atoms with Gasteiger partial charge in [-0.1, -0.05) is 76.2 Å². The molecule has 4 heteroatoms. The molecule has 0 aromatic carbocycles. The van der Waals surface area contributed by atoms with E-state index in [9.17, 15) is 4.79 Å². The van der Waals surface area contributed by atoms with E-state index < -0.39 is 0 Å². The summed E-state index contributed by atoms with van der Waals surface area (Å²) >= 11 is 0. The molecular weight excluding hydrogens is 382 g/mol. The highest BCUT2D eigenvalue weighted by atomic mass is 16.2. The molecule has 31 heavy (non-hydrogen) atoms. The van der Waals surface area contributed by atoms with Gasteiger partial charge >= 0.3 is 0 Å². The predicted molar refractivity (Wildman–Crippen MR) is 140 cm³/mol. The second-order valence-corrected chi connectivity index (χ2v) is 9.34. The number of piperidine rings is 1. The lowest BCUT2D eigenvalue weighted by atomic mass is 9.72. The molecule has 0 unspecified atom stereocenters. The van der Waals surface area contributed by atoms with Crippen molar-refractivity contribution in [2.75, 3.05) is 52.4 Å². The standard InChI is InChI=1S/C21H41N3O.3C2H6/c1-18(2)7-6-10-22-13-15-23(16-14-22)17-20(25)24-11-8-21(5,9-12-24)19(3)4;3*1-2/h18-19H,6-17H2,1-5H3;3*1-2H3. The maximum atomic E-state index is 12.6. The molecule has 2 aliphatic heterocycles. The van der Waals surface area contributed by atoms with Gasteiger partial charge in [-0.3, -0.25) is 9.69 Å². The Kier molecular flexibility index (Phi) is 19.9. The molecule has 0 N–H and O–H groups in total. The van der Waals surface area contributed by atoms with Crippen molar-refractivity contribution in [1.29, 1.82) is 0 Å². The summed E-state index contributed by atoms with van der Waals surface area (Å²) in [5.41, 5.74) is 0.415. The summed E-state index contributed by atoms with van der Waals surface area (Å²) in [7, 11) is 0. The summed E-state index contributed by atoms with van der Waals surface area (Å²) in [6, 6.07) is 0. The highest BCUT2D eigenvalue weighted by Gasteiger charge is 2.34. The van der Waals surface area contributed by atoms with Gasteiger partial charge < -0.3 is 9.80 Å². The molecule has 0 radical (unpaired) electrons. The Hall–Kier alpha value is -0.610. The van der Waals surface area contributed by atoms with Crippen LogP contribution in [-0.4, -0.2) is 73.0 Å². The summed E-state index contributed by atoms with van der Waals surface area (Å²) in [5, 5.41) is 0. The largest absolute Gasteiger partial charge is 0.342 e. The van der Waals surface area contributed by atoms with Crippen molar-refractivity contribution in [2.45, 2.75) is 102 Å². The fourth-order valence-electron chi connectivity index (χ4n) is 4.03. The Morgan fingerprint density at radius 3 is 1.65 bits per heavy atom. The maximum absolute atomic E-state index is 12.6. The number of hydrogen-bond donors (Lipinski definition) is 0. The number of amides is 1. The van der Waals surface area contributed by atoms with Crippen LogP contribution in [0, 0.1) is 17.3 Å². The first-order valence-electron chi connectivity index (χ1n) is 13.5. The van der Waals surface area contributed by atoms with Gasteiger partial charge in [0, 0.05) is 39.3 Å². The minimum absolute atomic E-state index is 0.346. The first-order chi connectivity index (χ1) is 14.8. The van der Waals surface area contributed by atoms with Crippen LogP contribution in [0.4, 0.5) is 0 Å². The van der Waals surface area contributed by atoms with Crippen molar-refractivity contribution in [3.63, 3.8) is 0 Å². The van der Waals surface area contributed by atoms with Crippen molar-refractivity contribution in [1.82, 2.24) is 14.7 Å². The van der Waals surface area contributed by atoms with Gasteiger partial charge in [-0.05, 0) is 49.5 Å². The van der Waals surface area contributed by atoms with E-state index in [1.165, 1.54) is 19.4 Å². The number of rotatable bonds is 7. The second kappa shape index (κ2) is 18.9. The zero-order valence-corrected chi connectivity index (χ0v) is 23.4. The van der Waals surface area contributed by atoms with Crippen LogP contribution in [0.5, 0.6) is 0 Å². The third kappa shape index (κ3) is 12.9. The van der Waals surface area contributed by atoms with Gasteiger partial charge in [-0.2, -0.15) is 0 Å². The fourth-order valence-corrected chi connectivity index (χ4v) is 4.03. The number of carbonyl (C=O) groups excluding carboxylic acids is 1. The van der Waals surface area contributed by atoms with E-state index in [0.717, 1.165) is 58.0 Å². The smallest absolute Gasteiger partial charge is 0.236 e. The Labute approximate surface area is 197 Å². The lowest BCUT2D eigenvalue weighted by Gasteiger charge is -2.43. The highest BCUT2D eigenvalue weighted by molar-refractivity contribution is 5.78. The van der Waals surface area contributed by atoms with E-state index in [-0.39, 0.29) is 0 Å². The molecule has 0 bridgehead atoms. The molecule has 2 aliphatic rings. The van der Waals surface area contributed by atoms with Crippen LogP contribution < -0.4 is 0 Å². The fraction of sp³-hybridized carbons (Fsp3) is 0.963. The molecule has 2 rings (SSSR count). The van der Waals surface area contributed by atoms with E-state index in [1.54, 1.807) is 0 Å². The average molecular weight is 442 g/mol. The second-order valence-electron chi connectivity index (χ2n) is 9.34. The first kappa shape index (κ1) is 32.6. The van der Waals surface area contributed by atoms with E-state index in [4.69, 9.17) is 0 Å². The first-order valence-corrected chi connectivity index (χ1v) is 13.5. The molecule has 0 aromatic heterocycles. The lowest BCUT2D eigenvalue weighted by Crippen LogP contribution is -2.52. The number of piperazine rings is 1. The van der Waals surface area contributed by atoms with E-state index >= 15 is 0 Å². The number of likely N-dealkylation sites (tertiary alicyclic amines) is 1. The van der Waals surface area contributed by atoms with Gasteiger partial charge in [0.1, 0.15) is 0 Å². The molecule has 0 atom stereocenters. The van der Waals surface area contributed by atoms with Crippen LogP contribution in [0.15, 0.2) is 0 Å². The van der Waals surface area contributed by atoms with Crippen LogP contribution in [0.2, 0.25) is 0 Å². The zero-order valence-electron chi connectivity index (χ0n) is 23.4. The molecule has 188 valence electrons. The van der Waals surface area contributed by atoms with Crippen molar-refractivity contribution in [3.05, 3.63) is 0 Å². The quantitative estimate of drug-likeness (QED) is 0.457. The number of hydrogen-bond acceptors (Lipinski definition) is 3. The van der Waals surface area contributed by atoms with Crippen LogP contribution in [0.3, 0.4) is 0 Å². The van der Waals surface area contributed by atoms with Gasteiger partial charge in [0.2, 0.25) is 5.91 Å². The maximum Gasteiger partial charge on any atom is 0.236 e. The molecule has 2 fully saturated rings. The molecule has 2 heterocycles. The van der Waals surface area contributed by atoms with Gasteiger partial charge in [-0.25, -0.2) is 0 Å². The Morgan fingerprint density at radius 1 is 0.774 bits per heavy atom. The SMILES string of the molecule is CC.CC.CC.CC(C)CCCN1CCN(CC(=O)N2CCC(C)(C(C)C)CC2)CC1. The Morgan fingerprint density at radius 2 is 1.23 bits per heavy atom. The minimum atomic E-state index is 0.346. The summed E-state index contributed by atoms with van der Waals surface area (Å²) in [6.45, 7) is 31.7. The van der Waals surface area contributed by atoms with Crippen LogP contribution in [0.1, 0.15) is 102 Å². The normalized spacial score (nSPS) is 18.9. The van der Waals surface area contributed by atoms with Crippen molar-refractivity contribution in [2.24, 2.45) is 17.3 Å². The average Bonchev–Trinajstić information content (AvgIpc) is 2.79. The van der Waals surface area contributed by atoms with Gasteiger partial charge in [0.05, 0.1) is 6.54 Å². The van der Waals surface area contributed by atoms with Crippen LogP contribution >= 0.6 is 0 Å². The molecule has 0 spiro atoms. The molecular formula is C27H59N3O. The number of carbonyl (C=O) groups is 1. The van der Waals surface area contributed by atoms with Gasteiger partial charge in [0.15, 0.2) is 0 Å². The Bertz CT molecular complexity index is 407. The molecule has 2 saturated heterocycles. The zero-order chi connectivity index (χ0) is 24.4. The third-order valence-electron chi connectivity index (χ3n) is 6.73. The molecule has 0 aliphatic carbocycles. The van der Waals surface area contributed by atoms with Crippen molar-refractivity contribution in [3.8, 4) is 0 Å². The van der Waals surface area contributed by atoms with Gasteiger partial charge in [0.25, 0.3) is 0 Å². The van der Waals surface area contributed by atoms with Crippen LogP contribution in [0.25, 0.3) is 0 Å². The van der Waals surface area contributed by atoms with Crippen molar-refractivity contribution >= 4 is 5.91 Å². The third-order valence-corrected chi connectivity index (χ3v) is 6.73. The lowest BCUT2D eigenvalue weighted by molar-refractivity contribution is -0.135. The summed E-state index contributed by atoms with van der Waals surface area (Å²) < 4.78 is 0. The van der Waals surface area contributed by atoms with E-state index in [1.807, 2.05) is 41.5 Å². The number of nitrogens with zero attached hydrogens (tertiary/aromatic N) is 3. The van der Waals surface area contributed by atoms with Crippen LogP contribution in [-0.2, 0) is 4.79 Å².